The fourth-order valence-electron chi connectivity index (χ4n) is 2.48. The zero-order valence-electron chi connectivity index (χ0n) is 12.5. The third-order valence-corrected chi connectivity index (χ3v) is 3.77. The molecule has 1 fully saturated rings. The Bertz CT molecular complexity index is 430. The summed E-state index contributed by atoms with van der Waals surface area (Å²) in [5, 5.41) is 6.40. The third kappa shape index (κ3) is 3.97. The summed E-state index contributed by atoms with van der Waals surface area (Å²) in [7, 11) is 0. The lowest BCUT2D eigenvalue weighted by Crippen LogP contribution is -2.28. The van der Waals surface area contributed by atoms with E-state index in [0.717, 1.165) is 32.6 Å². The van der Waals surface area contributed by atoms with E-state index in [-0.39, 0.29) is 5.91 Å². The quantitative estimate of drug-likeness (QED) is 0.864. The Morgan fingerprint density at radius 3 is 2.75 bits per heavy atom. The first kappa shape index (κ1) is 14.9. The van der Waals surface area contributed by atoms with E-state index < -0.39 is 0 Å². The molecule has 110 valence electrons. The maximum atomic E-state index is 11.4. The molecule has 2 rings (SSSR count). The highest BCUT2D eigenvalue weighted by atomic mass is 16.1. The summed E-state index contributed by atoms with van der Waals surface area (Å²) < 4.78 is 0. The van der Waals surface area contributed by atoms with E-state index in [4.69, 9.17) is 0 Å². The summed E-state index contributed by atoms with van der Waals surface area (Å²) in [5.41, 5.74) is 2.51. The van der Waals surface area contributed by atoms with E-state index in [1.165, 1.54) is 11.3 Å². The van der Waals surface area contributed by atoms with Crippen LogP contribution in [0.15, 0.2) is 24.3 Å². The van der Waals surface area contributed by atoms with Gasteiger partial charge in [-0.15, -0.1) is 0 Å². The molecule has 0 aromatic heterocycles. The highest BCUT2D eigenvalue weighted by Crippen LogP contribution is 2.20. The number of rotatable bonds is 5. The molecule has 1 aromatic carbocycles. The van der Waals surface area contributed by atoms with Gasteiger partial charge in [0, 0.05) is 37.8 Å². The zero-order chi connectivity index (χ0) is 14.4. The van der Waals surface area contributed by atoms with E-state index >= 15 is 0 Å². The molecule has 1 aliphatic heterocycles. The van der Waals surface area contributed by atoms with Crippen LogP contribution < -0.4 is 15.5 Å². The number of nitrogens with zero attached hydrogens (tertiary/aromatic N) is 1. The summed E-state index contributed by atoms with van der Waals surface area (Å²) in [6.45, 7) is 7.83. The molecule has 4 heteroatoms. The Labute approximate surface area is 121 Å². The lowest BCUT2D eigenvalue weighted by molar-refractivity contribution is -0.120. The second kappa shape index (κ2) is 7.29. The van der Waals surface area contributed by atoms with E-state index in [1.807, 2.05) is 0 Å². The number of nitrogens with one attached hydrogen (secondary N) is 2. The molecule has 1 atom stereocenters. The molecule has 1 unspecified atom stereocenters. The van der Waals surface area contributed by atoms with Crippen molar-refractivity contribution in [2.75, 3.05) is 31.1 Å². The van der Waals surface area contributed by atoms with Crippen molar-refractivity contribution in [2.45, 2.75) is 32.7 Å². The van der Waals surface area contributed by atoms with Gasteiger partial charge >= 0.3 is 0 Å². The smallest absolute Gasteiger partial charge is 0.221 e. The Morgan fingerprint density at radius 2 is 2.05 bits per heavy atom. The molecule has 0 saturated carbocycles. The third-order valence-electron chi connectivity index (χ3n) is 3.77. The van der Waals surface area contributed by atoms with E-state index in [0.29, 0.717) is 12.5 Å². The minimum absolute atomic E-state index is 0.154. The minimum Gasteiger partial charge on any atom is -0.369 e. The average molecular weight is 275 g/mol. The Balaban J connectivity index is 1.98. The van der Waals surface area contributed by atoms with Crippen LogP contribution in [-0.2, 0) is 4.79 Å². The van der Waals surface area contributed by atoms with Crippen LogP contribution in [-0.4, -0.2) is 32.1 Å². The number of amides is 1. The van der Waals surface area contributed by atoms with Gasteiger partial charge < -0.3 is 15.5 Å². The van der Waals surface area contributed by atoms with Gasteiger partial charge in [-0.2, -0.15) is 0 Å². The lowest BCUT2D eigenvalue weighted by atomic mass is 10.1. The lowest BCUT2D eigenvalue weighted by Gasteiger charge is -2.22. The largest absolute Gasteiger partial charge is 0.369 e. The topological polar surface area (TPSA) is 44.4 Å². The molecule has 0 bridgehead atoms. The summed E-state index contributed by atoms with van der Waals surface area (Å²) in [5.74, 6) is 0.154. The van der Waals surface area contributed by atoms with Gasteiger partial charge in [0.15, 0.2) is 0 Å². The summed E-state index contributed by atoms with van der Waals surface area (Å²) in [4.78, 5) is 13.6. The van der Waals surface area contributed by atoms with Gasteiger partial charge in [-0.05, 0) is 37.6 Å². The van der Waals surface area contributed by atoms with Crippen molar-refractivity contribution in [3.05, 3.63) is 29.8 Å². The standard InChI is InChI=1S/C16H25N3O/c1-3-9-17-13(2)14-4-6-15(7-5-14)19-11-8-16(20)18-10-12-19/h4-7,13,17H,3,8-12H2,1-2H3,(H,18,20). The molecule has 1 heterocycles. The number of hydrogen-bond donors (Lipinski definition) is 2. The normalized spacial score (nSPS) is 17.5. The Hall–Kier alpha value is -1.55. The average Bonchev–Trinajstić information content (AvgIpc) is 2.70. The number of carbonyl (C=O) groups is 1. The first-order chi connectivity index (χ1) is 9.70. The van der Waals surface area contributed by atoms with Gasteiger partial charge in [-0.25, -0.2) is 0 Å². The molecule has 0 aliphatic carbocycles. The number of hydrogen-bond acceptors (Lipinski definition) is 3. The highest BCUT2D eigenvalue weighted by Gasteiger charge is 2.14. The summed E-state index contributed by atoms with van der Waals surface area (Å²) in [6.07, 6.45) is 1.73. The maximum absolute atomic E-state index is 11.4. The fraction of sp³-hybridized carbons (Fsp3) is 0.562. The molecule has 4 nitrogen and oxygen atoms in total. The number of anilines is 1. The number of carbonyl (C=O) groups excluding carboxylic acids is 1. The molecule has 1 aromatic rings. The van der Waals surface area contributed by atoms with Crippen LogP contribution in [0, 0.1) is 0 Å². The first-order valence-corrected chi connectivity index (χ1v) is 7.55. The fourth-order valence-corrected chi connectivity index (χ4v) is 2.48. The molecule has 2 N–H and O–H groups in total. The summed E-state index contributed by atoms with van der Waals surface area (Å²) in [6, 6.07) is 9.08. The van der Waals surface area contributed by atoms with Crippen molar-refractivity contribution in [3.63, 3.8) is 0 Å². The van der Waals surface area contributed by atoms with Crippen LogP contribution in [0.4, 0.5) is 5.69 Å². The predicted octanol–water partition coefficient (Wildman–Crippen LogP) is 2.07. The molecule has 0 radical (unpaired) electrons. The monoisotopic (exact) mass is 275 g/mol. The van der Waals surface area contributed by atoms with Gasteiger partial charge in [0.05, 0.1) is 0 Å². The molecule has 1 saturated heterocycles. The van der Waals surface area contributed by atoms with Crippen LogP contribution >= 0.6 is 0 Å². The maximum Gasteiger partial charge on any atom is 0.221 e. The van der Waals surface area contributed by atoms with Crippen molar-refractivity contribution in [1.82, 2.24) is 10.6 Å². The van der Waals surface area contributed by atoms with Gasteiger partial charge in [-0.1, -0.05) is 19.1 Å². The van der Waals surface area contributed by atoms with Gasteiger partial charge in [0.1, 0.15) is 0 Å². The summed E-state index contributed by atoms with van der Waals surface area (Å²) >= 11 is 0. The van der Waals surface area contributed by atoms with Crippen LogP contribution in [0.25, 0.3) is 0 Å². The van der Waals surface area contributed by atoms with Crippen LogP contribution in [0.5, 0.6) is 0 Å². The van der Waals surface area contributed by atoms with Crippen LogP contribution in [0.2, 0.25) is 0 Å². The van der Waals surface area contributed by atoms with Gasteiger partial charge in [-0.3, -0.25) is 4.79 Å². The van der Waals surface area contributed by atoms with E-state index in [9.17, 15) is 4.79 Å². The van der Waals surface area contributed by atoms with E-state index in [1.54, 1.807) is 0 Å². The molecular formula is C16H25N3O. The van der Waals surface area contributed by atoms with Gasteiger partial charge in [0.2, 0.25) is 5.91 Å². The molecule has 1 aliphatic rings. The van der Waals surface area contributed by atoms with Gasteiger partial charge in [0.25, 0.3) is 0 Å². The number of benzene rings is 1. The zero-order valence-corrected chi connectivity index (χ0v) is 12.5. The minimum atomic E-state index is 0.154. The van der Waals surface area contributed by atoms with Crippen molar-refractivity contribution in [1.29, 1.82) is 0 Å². The molecular weight excluding hydrogens is 250 g/mol. The Kier molecular flexibility index (Phi) is 5.41. The highest BCUT2D eigenvalue weighted by molar-refractivity contribution is 5.77. The first-order valence-electron chi connectivity index (χ1n) is 7.55. The van der Waals surface area contributed by atoms with Crippen molar-refractivity contribution in [2.24, 2.45) is 0 Å². The predicted molar refractivity (Wildman–Crippen MR) is 83.0 cm³/mol. The Morgan fingerprint density at radius 1 is 1.30 bits per heavy atom. The second-order valence-corrected chi connectivity index (χ2v) is 5.35. The van der Waals surface area contributed by atoms with Crippen molar-refractivity contribution >= 4 is 11.6 Å². The van der Waals surface area contributed by atoms with Crippen molar-refractivity contribution < 1.29 is 4.79 Å². The SMILES string of the molecule is CCCNC(C)c1ccc(N2CCNC(=O)CC2)cc1. The molecule has 0 spiro atoms. The second-order valence-electron chi connectivity index (χ2n) is 5.35. The van der Waals surface area contributed by atoms with Crippen molar-refractivity contribution in [3.8, 4) is 0 Å². The molecule has 20 heavy (non-hydrogen) atoms. The molecule has 1 amide bonds. The van der Waals surface area contributed by atoms with Crippen LogP contribution in [0.3, 0.4) is 0 Å². The van der Waals surface area contributed by atoms with Crippen LogP contribution in [0.1, 0.15) is 38.3 Å². The van der Waals surface area contributed by atoms with E-state index in [2.05, 4.69) is 53.6 Å².